The number of rotatable bonds is 6. The highest BCUT2D eigenvalue weighted by Gasteiger charge is 2.16. The Kier molecular flexibility index (Phi) is 5.91. The van der Waals surface area contributed by atoms with Crippen molar-refractivity contribution in [1.82, 2.24) is 0 Å². The maximum absolute atomic E-state index is 12.4. The zero-order chi connectivity index (χ0) is 20.1. The summed E-state index contributed by atoms with van der Waals surface area (Å²) in [6.07, 6.45) is 0. The van der Waals surface area contributed by atoms with E-state index in [0.29, 0.717) is 22.9 Å². The van der Waals surface area contributed by atoms with Crippen LogP contribution in [0.25, 0.3) is 0 Å². The van der Waals surface area contributed by atoms with Crippen LogP contribution < -0.4 is 10.1 Å². The zero-order valence-corrected chi connectivity index (χ0v) is 15.8. The second-order valence-electron chi connectivity index (χ2n) is 6.14. The quantitative estimate of drug-likeness (QED) is 0.447. The first-order chi connectivity index (χ1) is 13.4. The normalized spacial score (nSPS) is 10.4. The van der Waals surface area contributed by atoms with Crippen LogP contribution in [0.15, 0.2) is 66.7 Å². The highest BCUT2D eigenvalue weighted by atomic mass is 35.5. The molecule has 0 radical (unpaired) electrons. The maximum atomic E-state index is 12.4. The Morgan fingerprint density at radius 2 is 1.82 bits per heavy atom. The van der Waals surface area contributed by atoms with Gasteiger partial charge in [0, 0.05) is 22.2 Å². The second-order valence-corrected chi connectivity index (χ2v) is 6.54. The van der Waals surface area contributed by atoms with Crippen molar-refractivity contribution in [3.8, 4) is 5.75 Å². The first-order valence-electron chi connectivity index (χ1n) is 8.46. The number of nitro benzene ring substituents is 1. The van der Waals surface area contributed by atoms with Gasteiger partial charge in [-0.1, -0.05) is 35.9 Å². The van der Waals surface area contributed by atoms with Crippen LogP contribution in [0, 0.1) is 17.0 Å². The molecule has 0 fully saturated rings. The summed E-state index contributed by atoms with van der Waals surface area (Å²) in [7, 11) is 0. The monoisotopic (exact) mass is 396 g/mol. The fourth-order valence-electron chi connectivity index (χ4n) is 2.57. The highest BCUT2D eigenvalue weighted by molar-refractivity contribution is 6.31. The number of hydrogen-bond donors (Lipinski definition) is 1. The number of nitro groups is 1. The number of halogens is 1. The van der Waals surface area contributed by atoms with E-state index < -0.39 is 10.8 Å². The van der Waals surface area contributed by atoms with Crippen molar-refractivity contribution < 1.29 is 14.5 Å². The molecule has 3 aromatic rings. The SMILES string of the molecule is Cc1ccc(NC(=O)c2ccc(OCc3ccccc3Cl)cc2)c([N+](=O)[O-])c1. The van der Waals surface area contributed by atoms with Gasteiger partial charge in [0.05, 0.1) is 4.92 Å². The largest absolute Gasteiger partial charge is 0.489 e. The molecule has 0 aromatic heterocycles. The van der Waals surface area contributed by atoms with E-state index in [4.69, 9.17) is 16.3 Å². The average Bonchev–Trinajstić information content (AvgIpc) is 2.69. The Bertz CT molecular complexity index is 1020. The predicted molar refractivity (Wildman–Crippen MR) is 108 cm³/mol. The molecule has 3 rings (SSSR count). The highest BCUT2D eigenvalue weighted by Crippen LogP contribution is 2.26. The third kappa shape index (κ3) is 4.66. The van der Waals surface area contributed by atoms with Gasteiger partial charge in [-0.25, -0.2) is 0 Å². The lowest BCUT2D eigenvalue weighted by atomic mass is 10.1. The number of hydrogen-bond acceptors (Lipinski definition) is 4. The first-order valence-corrected chi connectivity index (χ1v) is 8.84. The molecule has 6 nitrogen and oxygen atoms in total. The van der Waals surface area contributed by atoms with Gasteiger partial charge in [-0.05, 0) is 48.9 Å². The molecule has 28 heavy (non-hydrogen) atoms. The smallest absolute Gasteiger partial charge is 0.293 e. The van der Waals surface area contributed by atoms with Gasteiger partial charge < -0.3 is 10.1 Å². The number of benzene rings is 3. The van der Waals surface area contributed by atoms with Crippen LogP contribution in [0.2, 0.25) is 5.02 Å². The van der Waals surface area contributed by atoms with Crippen LogP contribution in [-0.2, 0) is 6.61 Å². The van der Waals surface area contributed by atoms with E-state index >= 15 is 0 Å². The van der Waals surface area contributed by atoms with Crippen LogP contribution in [0.1, 0.15) is 21.5 Å². The van der Waals surface area contributed by atoms with Crippen molar-refractivity contribution >= 4 is 28.9 Å². The third-order valence-corrected chi connectivity index (χ3v) is 4.44. The van der Waals surface area contributed by atoms with Crippen molar-refractivity contribution in [1.29, 1.82) is 0 Å². The van der Waals surface area contributed by atoms with E-state index in [1.165, 1.54) is 12.1 Å². The Morgan fingerprint density at radius 1 is 1.11 bits per heavy atom. The van der Waals surface area contributed by atoms with Crippen molar-refractivity contribution in [2.75, 3.05) is 5.32 Å². The van der Waals surface area contributed by atoms with Crippen LogP contribution in [-0.4, -0.2) is 10.8 Å². The second kappa shape index (κ2) is 8.54. The van der Waals surface area contributed by atoms with Crippen molar-refractivity contribution in [2.45, 2.75) is 13.5 Å². The molecular weight excluding hydrogens is 380 g/mol. The van der Waals surface area contributed by atoms with E-state index in [1.807, 2.05) is 18.2 Å². The van der Waals surface area contributed by atoms with Crippen LogP contribution >= 0.6 is 11.6 Å². The van der Waals surface area contributed by atoms with E-state index in [-0.39, 0.29) is 11.4 Å². The third-order valence-electron chi connectivity index (χ3n) is 4.07. The molecular formula is C21H17ClN2O4. The topological polar surface area (TPSA) is 81.5 Å². The Morgan fingerprint density at radius 3 is 2.50 bits per heavy atom. The number of carbonyl (C=O) groups excluding carboxylic acids is 1. The molecule has 0 bridgehead atoms. The molecule has 7 heteroatoms. The van der Waals surface area contributed by atoms with Crippen LogP contribution in [0.4, 0.5) is 11.4 Å². The predicted octanol–water partition coefficient (Wildman–Crippen LogP) is 5.39. The summed E-state index contributed by atoms with van der Waals surface area (Å²) in [5.74, 6) is 0.141. The van der Waals surface area contributed by atoms with Gasteiger partial charge in [0.25, 0.3) is 11.6 Å². The molecule has 0 aliphatic carbocycles. The Labute approximate surface area is 166 Å². The number of aryl methyl sites for hydroxylation is 1. The minimum absolute atomic E-state index is 0.145. The van der Waals surface area contributed by atoms with Gasteiger partial charge >= 0.3 is 0 Å². The molecule has 0 atom stereocenters. The van der Waals surface area contributed by atoms with E-state index in [1.54, 1.807) is 43.3 Å². The number of ether oxygens (including phenoxy) is 1. The van der Waals surface area contributed by atoms with Crippen molar-refractivity contribution in [3.05, 3.63) is 98.6 Å². The standard InChI is InChI=1S/C21H17ClN2O4/c1-14-6-11-19(20(12-14)24(26)27)23-21(25)15-7-9-17(10-8-15)28-13-16-4-2-3-5-18(16)22/h2-12H,13H2,1H3,(H,23,25). The number of anilines is 1. The molecule has 0 heterocycles. The van der Waals surface area contributed by atoms with E-state index in [9.17, 15) is 14.9 Å². The van der Waals surface area contributed by atoms with E-state index in [2.05, 4.69) is 5.32 Å². The zero-order valence-electron chi connectivity index (χ0n) is 15.0. The number of carbonyl (C=O) groups is 1. The summed E-state index contributed by atoms with van der Waals surface area (Å²) in [4.78, 5) is 23.1. The summed E-state index contributed by atoms with van der Waals surface area (Å²) in [6, 6.07) is 18.5. The van der Waals surface area contributed by atoms with Gasteiger partial charge in [-0.2, -0.15) is 0 Å². The molecule has 0 saturated heterocycles. The van der Waals surface area contributed by atoms with E-state index in [0.717, 1.165) is 11.1 Å². The lowest BCUT2D eigenvalue weighted by molar-refractivity contribution is -0.384. The molecule has 0 aliphatic heterocycles. The molecule has 1 N–H and O–H groups in total. The fourth-order valence-corrected chi connectivity index (χ4v) is 2.76. The Hall–Kier alpha value is -3.38. The summed E-state index contributed by atoms with van der Waals surface area (Å²) in [5, 5.41) is 14.4. The summed E-state index contributed by atoms with van der Waals surface area (Å²) in [5.41, 5.74) is 1.97. The molecule has 3 aromatic carbocycles. The fraction of sp³-hybridized carbons (Fsp3) is 0.0952. The summed E-state index contributed by atoms with van der Waals surface area (Å²) in [6.45, 7) is 2.06. The van der Waals surface area contributed by atoms with Gasteiger partial charge in [0.1, 0.15) is 18.0 Å². The minimum Gasteiger partial charge on any atom is -0.489 e. The number of nitrogens with one attached hydrogen (secondary N) is 1. The lowest BCUT2D eigenvalue weighted by Gasteiger charge is -2.09. The maximum Gasteiger partial charge on any atom is 0.293 e. The lowest BCUT2D eigenvalue weighted by Crippen LogP contribution is -2.13. The van der Waals surface area contributed by atoms with Gasteiger partial charge in [0.15, 0.2) is 0 Å². The number of amides is 1. The average molecular weight is 397 g/mol. The molecule has 0 aliphatic rings. The van der Waals surface area contributed by atoms with Crippen molar-refractivity contribution in [2.24, 2.45) is 0 Å². The van der Waals surface area contributed by atoms with Gasteiger partial charge in [-0.3, -0.25) is 14.9 Å². The van der Waals surface area contributed by atoms with Gasteiger partial charge in [-0.15, -0.1) is 0 Å². The molecule has 1 amide bonds. The Balaban J connectivity index is 1.67. The van der Waals surface area contributed by atoms with Crippen LogP contribution in [0.5, 0.6) is 5.75 Å². The van der Waals surface area contributed by atoms with Crippen LogP contribution in [0.3, 0.4) is 0 Å². The molecule has 0 spiro atoms. The number of nitrogens with zero attached hydrogens (tertiary/aromatic N) is 1. The first kappa shape index (κ1) is 19.4. The minimum atomic E-state index is -0.520. The van der Waals surface area contributed by atoms with Gasteiger partial charge in [0.2, 0.25) is 0 Å². The molecule has 142 valence electrons. The van der Waals surface area contributed by atoms with Crippen molar-refractivity contribution in [3.63, 3.8) is 0 Å². The summed E-state index contributed by atoms with van der Waals surface area (Å²) < 4.78 is 5.68. The molecule has 0 unspecified atom stereocenters. The summed E-state index contributed by atoms with van der Waals surface area (Å²) >= 11 is 6.10. The molecule has 0 saturated carbocycles.